The van der Waals surface area contributed by atoms with Crippen LogP contribution in [0.5, 0.6) is 0 Å². The number of nitrogens with zero attached hydrogens (tertiary/aromatic N) is 2. The number of hydrogen-bond donors (Lipinski definition) is 1. The zero-order valence-corrected chi connectivity index (χ0v) is 15.4. The fourth-order valence-electron chi connectivity index (χ4n) is 3.45. The van der Waals surface area contributed by atoms with E-state index in [0.29, 0.717) is 11.4 Å². The summed E-state index contributed by atoms with van der Waals surface area (Å²) in [6, 6.07) is 11.4. The van der Waals surface area contributed by atoms with Gasteiger partial charge in [-0.05, 0) is 50.1 Å². The summed E-state index contributed by atoms with van der Waals surface area (Å²) in [6.45, 7) is 1.92. The van der Waals surface area contributed by atoms with E-state index in [4.69, 9.17) is 0 Å². The van der Waals surface area contributed by atoms with Crippen molar-refractivity contribution in [3.8, 4) is 0 Å². The van der Waals surface area contributed by atoms with Crippen LogP contribution in [-0.2, 0) is 9.59 Å². The second kappa shape index (κ2) is 7.07. The lowest BCUT2D eigenvalue weighted by atomic mass is 10.1. The van der Waals surface area contributed by atoms with Gasteiger partial charge >= 0.3 is 6.03 Å². The SMILES string of the molecule is Cc1ccc(N2C(=O)[C@H](CC(=O)Nc3cccc(F)c3)N(C3CC3)C2=O)cc1. The number of benzene rings is 2. The van der Waals surface area contributed by atoms with Gasteiger partial charge in [0.25, 0.3) is 5.91 Å². The van der Waals surface area contributed by atoms with Crippen molar-refractivity contribution in [2.45, 2.75) is 38.3 Å². The van der Waals surface area contributed by atoms with E-state index in [2.05, 4.69) is 5.32 Å². The van der Waals surface area contributed by atoms with Gasteiger partial charge in [0.1, 0.15) is 11.9 Å². The van der Waals surface area contributed by atoms with Crippen LogP contribution in [0.25, 0.3) is 0 Å². The molecule has 1 aliphatic carbocycles. The molecule has 1 atom stereocenters. The topological polar surface area (TPSA) is 69.7 Å². The van der Waals surface area contributed by atoms with E-state index < -0.39 is 23.7 Å². The van der Waals surface area contributed by atoms with Crippen LogP contribution in [0.2, 0.25) is 0 Å². The average Bonchev–Trinajstić information content (AvgIpc) is 3.44. The van der Waals surface area contributed by atoms with Crippen molar-refractivity contribution < 1.29 is 18.8 Å². The second-order valence-electron chi connectivity index (χ2n) is 7.21. The summed E-state index contributed by atoms with van der Waals surface area (Å²) < 4.78 is 13.3. The van der Waals surface area contributed by atoms with Gasteiger partial charge in [-0.25, -0.2) is 14.1 Å². The molecule has 0 aromatic heterocycles. The molecule has 1 saturated heterocycles. The molecule has 4 amide bonds. The smallest absolute Gasteiger partial charge is 0.326 e. The third kappa shape index (κ3) is 3.47. The minimum Gasteiger partial charge on any atom is -0.326 e. The Bertz CT molecular complexity index is 940. The zero-order valence-electron chi connectivity index (χ0n) is 15.4. The molecule has 0 spiro atoms. The molecule has 2 aromatic carbocycles. The number of urea groups is 1. The zero-order chi connectivity index (χ0) is 19.8. The maximum Gasteiger partial charge on any atom is 0.332 e. The first kappa shape index (κ1) is 18.2. The molecule has 1 N–H and O–H groups in total. The van der Waals surface area contributed by atoms with Crippen LogP contribution in [-0.4, -0.2) is 34.8 Å². The van der Waals surface area contributed by atoms with Gasteiger partial charge in [0.05, 0.1) is 12.1 Å². The van der Waals surface area contributed by atoms with E-state index >= 15 is 0 Å². The monoisotopic (exact) mass is 381 g/mol. The third-order valence-electron chi connectivity index (χ3n) is 4.97. The van der Waals surface area contributed by atoms with E-state index in [1.165, 1.54) is 23.1 Å². The van der Waals surface area contributed by atoms with E-state index in [9.17, 15) is 18.8 Å². The van der Waals surface area contributed by atoms with Gasteiger partial charge in [0.2, 0.25) is 5.91 Å². The van der Waals surface area contributed by atoms with Crippen molar-refractivity contribution in [3.05, 3.63) is 59.9 Å². The molecule has 144 valence electrons. The lowest BCUT2D eigenvalue weighted by molar-refractivity contribution is -0.124. The number of carbonyl (C=O) groups is 3. The molecular formula is C21H20FN3O3. The lowest BCUT2D eigenvalue weighted by Gasteiger charge is -2.21. The molecule has 0 radical (unpaired) electrons. The van der Waals surface area contributed by atoms with Gasteiger partial charge in [-0.15, -0.1) is 0 Å². The van der Waals surface area contributed by atoms with Gasteiger partial charge in [0, 0.05) is 11.7 Å². The Balaban J connectivity index is 1.54. The number of hydrogen-bond acceptors (Lipinski definition) is 3. The summed E-state index contributed by atoms with van der Waals surface area (Å²) in [5.74, 6) is -1.31. The van der Waals surface area contributed by atoms with E-state index in [1.54, 1.807) is 18.2 Å². The Labute approximate surface area is 161 Å². The lowest BCUT2D eigenvalue weighted by Crippen LogP contribution is -2.39. The Hall–Kier alpha value is -3.22. The van der Waals surface area contributed by atoms with Crippen molar-refractivity contribution >= 4 is 29.2 Å². The average molecular weight is 381 g/mol. The van der Waals surface area contributed by atoms with Gasteiger partial charge in [-0.2, -0.15) is 0 Å². The number of carbonyl (C=O) groups excluding carboxylic acids is 3. The Morgan fingerprint density at radius 2 is 1.86 bits per heavy atom. The number of halogens is 1. The molecule has 7 heteroatoms. The van der Waals surface area contributed by atoms with Crippen molar-refractivity contribution in [1.82, 2.24) is 4.90 Å². The van der Waals surface area contributed by atoms with Crippen molar-refractivity contribution in [3.63, 3.8) is 0 Å². The van der Waals surface area contributed by atoms with Crippen LogP contribution in [0.4, 0.5) is 20.6 Å². The predicted molar refractivity (Wildman–Crippen MR) is 102 cm³/mol. The quantitative estimate of drug-likeness (QED) is 0.807. The molecule has 0 bridgehead atoms. The molecule has 2 aliphatic rings. The highest BCUT2D eigenvalue weighted by molar-refractivity contribution is 6.22. The maximum atomic E-state index is 13.3. The molecule has 6 nitrogen and oxygen atoms in total. The molecule has 2 fully saturated rings. The Kier molecular flexibility index (Phi) is 4.58. The van der Waals surface area contributed by atoms with Crippen LogP contribution in [0.3, 0.4) is 0 Å². The highest BCUT2D eigenvalue weighted by Gasteiger charge is 2.51. The standard InChI is InChI=1S/C21H20FN3O3/c1-13-5-7-17(8-6-13)25-20(27)18(24(21(25)28)16-9-10-16)12-19(26)23-15-4-2-3-14(22)11-15/h2-8,11,16,18H,9-10,12H2,1H3,(H,23,26)/t18-/m0/s1. The summed E-state index contributed by atoms with van der Waals surface area (Å²) in [5, 5.41) is 2.60. The van der Waals surface area contributed by atoms with E-state index in [1.807, 2.05) is 19.1 Å². The number of anilines is 2. The number of rotatable bonds is 5. The molecule has 2 aromatic rings. The molecular weight excluding hydrogens is 361 g/mol. The largest absolute Gasteiger partial charge is 0.332 e. The minimum absolute atomic E-state index is 0.0149. The third-order valence-corrected chi connectivity index (χ3v) is 4.97. The van der Waals surface area contributed by atoms with Crippen LogP contribution in [0, 0.1) is 12.7 Å². The first-order valence-corrected chi connectivity index (χ1v) is 9.22. The normalized spacial score (nSPS) is 19.3. The van der Waals surface area contributed by atoms with Crippen LogP contribution < -0.4 is 10.2 Å². The Morgan fingerprint density at radius 1 is 1.14 bits per heavy atom. The van der Waals surface area contributed by atoms with Gasteiger partial charge < -0.3 is 10.2 Å². The maximum absolute atomic E-state index is 13.3. The molecule has 1 saturated carbocycles. The van der Waals surface area contributed by atoms with Crippen molar-refractivity contribution in [2.75, 3.05) is 10.2 Å². The fraction of sp³-hybridized carbons (Fsp3) is 0.286. The number of aryl methyl sites for hydroxylation is 1. The summed E-state index contributed by atoms with van der Waals surface area (Å²) in [6.07, 6.45) is 1.48. The summed E-state index contributed by atoms with van der Waals surface area (Å²) >= 11 is 0. The van der Waals surface area contributed by atoms with E-state index in [0.717, 1.165) is 23.3 Å². The molecule has 1 aliphatic heterocycles. The summed E-state index contributed by atoms with van der Waals surface area (Å²) in [4.78, 5) is 41.1. The van der Waals surface area contributed by atoms with Crippen molar-refractivity contribution in [1.29, 1.82) is 0 Å². The number of imide groups is 1. The molecule has 0 unspecified atom stereocenters. The van der Waals surface area contributed by atoms with Crippen LogP contribution in [0.15, 0.2) is 48.5 Å². The van der Waals surface area contributed by atoms with Gasteiger partial charge in [0.15, 0.2) is 0 Å². The van der Waals surface area contributed by atoms with Crippen LogP contribution in [0.1, 0.15) is 24.8 Å². The molecule has 4 rings (SSSR count). The first-order valence-electron chi connectivity index (χ1n) is 9.22. The Morgan fingerprint density at radius 3 is 2.50 bits per heavy atom. The highest BCUT2D eigenvalue weighted by atomic mass is 19.1. The van der Waals surface area contributed by atoms with Crippen LogP contribution >= 0.6 is 0 Å². The number of amides is 4. The first-order chi connectivity index (χ1) is 13.4. The fourth-order valence-corrected chi connectivity index (χ4v) is 3.45. The van der Waals surface area contributed by atoms with Gasteiger partial charge in [-0.1, -0.05) is 23.8 Å². The molecule has 1 heterocycles. The summed E-state index contributed by atoms with van der Waals surface area (Å²) in [5.41, 5.74) is 1.84. The van der Waals surface area contributed by atoms with Crippen molar-refractivity contribution in [2.24, 2.45) is 0 Å². The second-order valence-corrected chi connectivity index (χ2v) is 7.21. The van der Waals surface area contributed by atoms with E-state index in [-0.39, 0.29) is 18.5 Å². The summed E-state index contributed by atoms with van der Waals surface area (Å²) in [7, 11) is 0. The molecule has 28 heavy (non-hydrogen) atoms. The van der Waals surface area contributed by atoms with Gasteiger partial charge in [-0.3, -0.25) is 9.59 Å². The highest BCUT2D eigenvalue weighted by Crippen LogP contribution is 2.36. The number of nitrogens with one attached hydrogen (secondary N) is 1. The predicted octanol–water partition coefficient (Wildman–Crippen LogP) is 3.46. The minimum atomic E-state index is -0.852.